The largest absolute Gasteiger partial charge is 0.342 e. The van der Waals surface area contributed by atoms with Crippen LogP contribution in [0.3, 0.4) is 0 Å². The molecule has 0 saturated carbocycles. The quantitative estimate of drug-likeness (QED) is 0.643. The lowest BCUT2D eigenvalue weighted by Gasteiger charge is -2.14. The SMILES string of the molecule is Cc1ccc(N(C)/N=C2/C(=S)ON=C2c2ccccc2)cc1. The van der Waals surface area contributed by atoms with Crippen molar-refractivity contribution in [3.8, 4) is 0 Å². The average molecular weight is 309 g/mol. The highest BCUT2D eigenvalue weighted by Gasteiger charge is 2.26. The number of anilines is 1. The first-order chi connectivity index (χ1) is 10.6. The first-order valence-corrected chi connectivity index (χ1v) is 7.30. The third-order valence-corrected chi connectivity index (χ3v) is 3.61. The zero-order chi connectivity index (χ0) is 15.5. The minimum absolute atomic E-state index is 0.290. The van der Waals surface area contributed by atoms with Crippen molar-refractivity contribution >= 4 is 34.4 Å². The molecule has 4 nitrogen and oxygen atoms in total. The van der Waals surface area contributed by atoms with Crippen LogP contribution in [0.5, 0.6) is 0 Å². The molecule has 2 aromatic rings. The van der Waals surface area contributed by atoms with Gasteiger partial charge in [0.2, 0.25) is 0 Å². The van der Waals surface area contributed by atoms with Crippen molar-refractivity contribution in [2.75, 3.05) is 12.1 Å². The second kappa shape index (κ2) is 6.07. The number of hydrazone groups is 1. The van der Waals surface area contributed by atoms with Crippen molar-refractivity contribution in [2.45, 2.75) is 6.92 Å². The summed E-state index contributed by atoms with van der Waals surface area (Å²) < 4.78 is 0. The van der Waals surface area contributed by atoms with Gasteiger partial charge in [-0.15, -0.1) is 0 Å². The number of oxime groups is 1. The summed E-state index contributed by atoms with van der Waals surface area (Å²) in [6.45, 7) is 2.05. The molecule has 5 heteroatoms. The zero-order valence-corrected chi connectivity index (χ0v) is 13.2. The van der Waals surface area contributed by atoms with E-state index in [1.165, 1.54) is 5.56 Å². The van der Waals surface area contributed by atoms with Crippen molar-refractivity contribution in [3.05, 3.63) is 65.7 Å². The minimum atomic E-state index is 0.290. The maximum absolute atomic E-state index is 5.21. The van der Waals surface area contributed by atoms with Gasteiger partial charge in [0.15, 0.2) is 5.71 Å². The minimum Gasteiger partial charge on any atom is -0.342 e. The van der Waals surface area contributed by atoms with Gasteiger partial charge in [0.05, 0.1) is 5.69 Å². The van der Waals surface area contributed by atoms with Gasteiger partial charge in [0, 0.05) is 12.6 Å². The van der Waals surface area contributed by atoms with E-state index in [-0.39, 0.29) is 5.05 Å². The lowest BCUT2D eigenvalue weighted by molar-refractivity contribution is 0.352. The summed E-state index contributed by atoms with van der Waals surface area (Å²) in [5, 5.41) is 10.7. The summed E-state index contributed by atoms with van der Waals surface area (Å²) in [4.78, 5) is 5.15. The fraction of sp³-hybridized carbons (Fsp3) is 0.118. The molecule has 3 rings (SSSR count). The topological polar surface area (TPSA) is 37.2 Å². The lowest BCUT2D eigenvalue weighted by Crippen LogP contribution is -2.23. The van der Waals surface area contributed by atoms with Crippen LogP contribution in [0.4, 0.5) is 5.69 Å². The van der Waals surface area contributed by atoms with Crippen molar-refractivity contribution < 1.29 is 4.84 Å². The Labute approximate surface area is 134 Å². The van der Waals surface area contributed by atoms with Crippen LogP contribution >= 0.6 is 12.2 Å². The Morgan fingerprint density at radius 2 is 1.73 bits per heavy atom. The highest BCUT2D eigenvalue weighted by atomic mass is 32.1. The van der Waals surface area contributed by atoms with Gasteiger partial charge in [-0.3, -0.25) is 5.01 Å². The molecule has 2 aromatic carbocycles. The summed E-state index contributed by atoms with van der Waals surface area (Å²) in [6, 6.07) is 17.9. The maximum atomic E-state index is 5.21. The predicted molar refractivity (Wildman–Crippen MR) is 93.7 cm³/mol. The Balaban J connectivity index is 1.92. The molecule has 0 saturated heterocycles. The van der Waals surface area contributed by atoms with Crippen LogP contribution in [0.25, 0.3) is 0 Å². The summed E-state index contributed by atoms with van der Waals surface area (Å²) in [7, 11) is 1.88. The maximum Gasteiger partial charge on any atom is 0.251 e. The zero-order valence-electron chi connectivity index (χ0n) is 12.4. The Kier molecular flexibility index (Phi) is 3.98. The van der Waals surface area contributed by atoms with Crippen LogP contribution in [-0.4, -0.2) is 23.5 Å². The number of hydrogen-bond acceptors (Lipinski definition) is 5. The van der Waals surface area contributed by atoms with Gasteiger partial charge in [0.1, 0.15) is 5.71 Å². The highest BCUT2D eigenvalue weighted by molar-refractivity contribution is 7.82. The summed E-state index contributed by atoms with van der Waals surface area (Å²) in [6.07, 6.45) is 0. The number of aryl methyl sites for hydroxylation is 1. The van der Waals surface area contributed by atoms with Gasteiger partial charge >= 0.3 is 0 Å². The van der Waals surface area contributed by atoms with Gasteiger partial charge in [-0.05, 0) is 31.3 Å². The van der Waals surface area contributed by atoms with Gasteiger partial charge in [-0.2, -0.15) is 5.10 Å². The third-order valence-electron chi connectivity index (χ3n) is 3.34. The Hall–Kier alpha value is -2.53. The van der Waals surface area contributed by atoms with E-state index in [0.717, 1.165) is 11.3 Å². The Bertz CT molecular complexity index is 751. The van der Waals surface area contributed by atoms with Crippen LogP contribution in [0.15, 0.2) is 64.9 Å². The van der Waals surface area contributed by atoms with Crippen LogP contribution in [0.1, 0.15) is 11.1 Å². The summed E-state index contributed by atoms with van der Waals surface area (Å²) in [5.41, 5.74) is 4.34. The van der Waals surface area contributed by atoms with Crippen molar-refractivity contribution in [3.63, 3.8) is 0 Å². The van der Waals surface area contributed by atoms with Crippen LogP contribution in [0.2, 0.25) is 0 Å². The number of benzene rings is 2. The first kappa shape index (κ1) is 14.4. The van der Waals surface area contributed by atoms with Gasteiger partial charge in [-0.1, -0.05) is 53.2 Å². The van der Waals surface area contributed by atoms with E-state index in [0.29, 0.717) is 11.4 Å². The average Bonchev–Trinajstić information content (AvgIpc) is 2.90. The monoisotopic (exact) mass is 309 g/mol. The van der Waals surface area contributed by atoms with Crippen LogP contribution in [-0.2, 0) is 4.84 Å². The molecule has 1 aliphatic rings. The molecular formula is C17H15N3OS. The van der Waals surface area contributed by atoms with Crippen LogP contribution < -0.4 is 5.01 Å². The number of rotatable bonds is 3. The van der Waals surface area contributed by atoms with E-state index in [9.17, 15) is 0 Å². The molecule has 0 spiro atoms. The van der Waals surface area contributed by atoms with Crippen molar-refractivity contribution in [2.24, 2.45) is 10.3 Å². The molecule has 0 unspecified atom stereocenters. The summed E-state index contributed by atoms with van der Waals surface area (Å²) in [5.74, 6) is 0. The van der Waals surface area contributed by atoms with E-state index in [1.807, 2.05) is 61.6 Å². The fourth-order valence-corrected chi connectivity index (χ4v) is 2.29. The van der Waals surface area contributed by atoms with Crippen molar-refractivity contribution in [1.29, 1.82) is 0 Å². The van der Waals surface area contributed by atoms with E-state index in [2.05, 4.69) is 17.2 Å². The van der Waals surface area contributed by atoms with Crippen molar-refractivity contribution in [1.82, 2.24) is 0 Å². The molecule has 22 heavy (non-hydrogen) atoms. The van der Waals surface area contributed by atoms with Gasteiger partial charge < -0.3 is 4.84 Å². The molecule has 0 atom stereocenters. The predicted octanol–water partition coefficient (Wildman–Crippen LogP) is 3.55. The second-order valence-electron chi connectivity index (χ2n) is 4.99. The Morgan fingerprint density at radius 3 is 2.41 bits per heavy atom. The summed E-state index contributed by atoms with van der Waals surface area (Å²) >= 11 is 5.21. The van der Waals surface area contributed by atoms with E-state index < -0.39 is 0 Å². The van der Waals surface area contributed by atoms with E-state index >= 15 is 0 Å². The van der Waals surface area contributed by atoms with Crippen LogP contribution in [0, 0.1) is 6.92 Å². The molecule has 0 amide bonds. The van der Waals surface area contributed by atoms with E-state index in [4.69, 9.17) is 17.1 Å². The fourth-order valence-electron chi connectivity index (χ4n) is 2.11. The molecule has 0 aliphatic carbocycles. The normalized spacial score (nSPS) is 15.6. The number of nitrogens with zero attached hydrogens (tertiary/aromatic N) is 3. The van der Waals surface area contributed by atoms with Gasteiger partial charge in [0.25, 0.3) is 5.05 Å². The third kappa shape index (κ3) is 2.89. The van der Waals surface area contributed by atoms with E-state index in [1.54, 1.807) is 5.01 Å². The van der Waals surface area contributed by atoms with Gasteiger partial charge in [-0.25, -0.2) is 0 Å². The molecule has 110 valence electrons. The molecule has 0 bridgehead atoms. The molecular weight excluding hydrogens is 294 g/mol. The number of hydrogen-bond donors (Lipinski definition) is 0. The lowest BCUT2D eigenvalue weighted by atomic mass is 10.1. The smallest absolute Gasteiger partial charge is 0.251 e. The first-order valence-electron chi connectivity index (χ1n) is 6.89. The molecule has 0 radical (unpaired) electrons. The molecule has 0 aromatic heterocycles. The number of thiocarbonyl (C=S) groups is 1. The Morgan fingerprint density at radius 1 is 1.05 bits per heavy atom. The molecule has 0 N–H and O–H groups in total. The standard InChI is InChI=1S/C17H15N3OS/c1-12-8-10-14(11-9-12)20(2)18-16-15(19-21-17(16)22)13-6-4-3-5-7-13/h3-11H,1-2H3/b18-16+. The highest BCUT2D eigenvalue weighted by Crippen LogP contribution is 2.17. The molecule has 1 aliphatic heterocycles. The second-order valence-corrected chi connectivity index (χ2v) is 5.36. The molecule has 0 fully saturated rings. The molecule has 1 heterocycles.